The molecular formula is C16H16Cl2N2O. The molecule has 0 saturated heterocycles. The predicted molar refractivity (Wildman–Crippen MR) is 85.4 cm³/mol. The molecule has 0 spiro atoms. The maximum atomic E-state index is 6.32. The number of benzene rings is 1. The number of nitrogens with zero attached hydrogens (tertiary/aromatic N) is 1. The minimum absolute atomic E-state index is 0.0503. The van der Waals surface area contributed by atoms with E-state index in [-0.39, 0.29) is 6.04 Å². The summed E-state index contributed by atoms with van der Waals surface area (Å²) in [6, 6.07) is 7.93. The van der Waals surface area contributed by atoms with E-state index in [1.165, 1.54) is 5.56 Å². The molecular weight excluding hydrogens is 307 g/mol. The molecule has 0 aliphatic carbocycles. The second kappa shape index (κ2) is 6.22. The summed E-state index contributed by atoms with van der Waals surface area (Å²) < 4.78 is 5.56. The van der Waals surface area contributed by atoms with E-state index in [0.29, 0.717) is 10.0 Å². The van der Waals surface area contributed by atoms with Crippen LogP contribution in [0.15, 0.2) is 30.5 Å². The van der Waals surface area contributed by atoms with Crippen molar-refractivity contribution in [1.82, 2.24) is 10.3 Å². The smallest absolute Gasteiger partial charge is 0.122 e. The molecule has 3 rings (SSSR count). The van der Waals surface area contributed by atoms with Crippen molar-refractivity contribution in [3.8, 4) is 5.75 Å². The average molecular weight is 323 g/mol. The Kier molecular flexibility index (Phi) is 4.34. The second-order valence-corrected chi connectivity index (χ2v) is 5.82. The summed E-state index contributed by atoms with van der Waals surface area (Å²) in [5.41, 5.74) is 3.17. The lowest BCUT2D eigenvalue weighted by Crippen LogP contribution is -2.23. The van der Waals surface area contributed by atoms with Gasteiger partial charge in [0.1, 0.15) is 5.75 Å². The summed E-state index contributed by atoms with van der Waals surface area (Å²) in [5, 5.41) is 4.55. The van der Waals surface area contributed by atoms with Crippen LogP contribution in [-0.4, -0.2) is 18.1 Å². The lowest BCUT2D eigenvalue weighted by atomic mass is 9.99. The topological polar surface area (TPSA) is 34.1 Å². The molecule has 0 saturated carbocycles. The van der Waals surface area contributed by atoms with E-state index in [2.05, 4.69) is 29.4 Å². The van der Waals surface area contributed by atoms with Gasteiger partial charge in [-0.15, -0.1) is 0 Å². The van der Waals surface area contributed by atoms with E-state index >= 15 is 0 Å². The van der Waals surface area contributed by atoms with Crippen LogP contribution in [0, 0.1) is 0 Å². The molecule has 21 heavy (non-hydrogen) atoms. The zero-order chi connectivity index (χ0) is 14.8. The van der Waals surface area contributed by atoms with E-state index in [0.717, 1.165) is 36.6 Å². The molecule has 1 N–H and O–H groups in total. The Labute approximate surface area is 134 Å². The summed E-state index contributed by atoms with van der Waals surface area (Å²) in [5.74, 6) is 0.976. The summed E-state index contributed by atoms with van der Waals surface area (Å²) in [7, 11) is 0. The van der Waals surface area contributed by atoms with Crippen molar-refractivity contribution in [2.24, 2.45) is 0 Å². The number of rotatable bonds is 4. The van der Waals surface area contributed by atoms with E-state index < -0.39 is 0 Å². The Balaban J connectivity index is 2.01. The van der Waals surface area contributed by atoms with Crippen molar-refractivity contribution < 1.29 is 4.74 Å². The first-order valence-corrected chi connectivity index (χ1v) is 7.74. The largest absolute Gasteiger partial charge is 0.493 e. The molecule has 0 fully saturated rings. The number of ether oxygens (including phenoxy) is 1. The number of hydrogen-bond acceptors (Lipinski definition) is 3. The number of pyridine rings is 1. The molecule has 0 bridgehead atoms. The Morgan fingerprint density at radius 1 is 1.33 bits per heavy atom. The van der Waals surface area contributed by atoms with Gasteiger partial charge in [-0.3, -0.25) is 4.98 Å². The van der Waals surface area contributed by atoms with Crippen LogP contribution < -0.4 is 10.1 Å². The lowest BCUT2D eigenvalue weighted by Gasteiger charge is -2.19. The molecule has 3 nitrogen and oxygen atoms in total. The molecule has 1 unspecified atom stereocenters. The average Bonchev–Trinajstić information content (AvgIpc) is 2.93. The van der Waals surface area contributed by atoms with Crippen molar-refractivity contribution in [2.75, 3.05) is 13.2 Å². The van der Waals surface area contributed by atoms with Crippen LogP contribution in [0.5, 0.6) is 5.75 Å². The zero-order valence-electron chi connectivity index (χ0n) is 11.7. The van der Waals surface area contributed by atoms with Gasteiger partial charge in [0.25, 0.3) is 0 Å². The van der Waals surface area contributed by atoms with Gasteiger partial charge in [-0.2, -0.15) is 0 Å². The Morgan fingerprint density at radius 3 is 2.95 bits per heavy atom. The van der Waals surface area contributed by atoms with Gasteiger partial charge in [0.2, 0.25) is 0 Å². The third-order valence-corrected chi connectivity index (χ3v) is 4.07. The molecule has 2 heterocycles. The third-order valence-electron chi connectivity index (χ3n) is 3.56. The molecule has 2 aromatic rings. The number of aromatic nitrogens is 1. The maximum Gasteiger partial charge on any atom is 0.122 e. The maximum absolute atomic E-state index is 6.32. The van der Waals surface area contributed by atoms with E-state index in [4.69, 9.17) is 27.9 Å². The van der Waals surface area contributed by atoms with Gasteiger partial charge in [0.15, 0.2) is 0 Å². The van der Waals surface area contributed by atoms with E-state index in [1.807, 2.05) is 6.07 Å². The van der Waals surface area contributed by atoms with Crippen LogP contribution >= 0.6 is 23.2 Å². The highest BCUT2D eigenvalue weighted by atomic mass is 35.5. The fourth-order valence-corrected chi connectivity index (χ4v) is 3.09. The van der Waals surface area contributed by atoms with Crippen LogP contribution in [0.2, 0.25) is 10.0 Å². The first kappa shape index (κ1) is 14.6. The number of nitrogens with one attached hydrogen (secondary N) is 1. The molecule has 1 atom stereocenters. The zero-order valence-corrected chi connectivity index (χ0v) is 13.2. The first-order valence-electron chi connectivity index (χ1n) is 6.99. The molecule has 0 amide bonds. The van der Waals surface area contributed by atoms with Crippen LogP contribution in [-0.2, 0) is 6.42 Å². The fraction of sp³-hybridized carbons (Fsp3) is 0.312. The third kappa shape index (κ3) is 3.00. The highest BCUT2D eigenvalue weighted by Crippen LogP contribution is 2.32. The summed E-state index contributed by atoms with van der Waals surface area (Å²) >= 11 is 12.3. The molecule has 1 aliphatic heterocycles. The van der Waals surface area contributed by atoms with Gasteiger partial charge in [0.05, 0.1) is 28.4 Å². The molecule has 0 radical (unpaired) electrons. The molecule has 1 aliphatic rings. The SMILES string of the molecule is CCNC(c1ccc2c(c1)CCO2)c1ncc(Cl)cc1Cl. The van der Waals surface area contributed by atoms with Crippen molar-refractivity contribution in [1.29, 1.82) is 0 Å². The van der Waals surface area contributed by atoms with Gasteiger partial charge in [-0.05, 0) is 29.8 Å². The van der Waals surface area contributed by atoms with Crippen molar-refractivity contribution >= 4 is 23.2 Å². The standard InChI is InChI=1S/C16H16Cl2N2O/c1-2-19-15(16-13(18)8-12(17)9-20-16)11-3-4-14-10(7-11)5-6-21-14/h3-4,7-9,15,19H,2,5-6H2,1H3. The highest BCUT2D eigenvalue weighted by molar-refractivity contribution is 6.34. The Morgan fingerprint density at radius 2 is 2.19 bits per heavy atom. The number of halogens is 2. The fourth-order valence-electron chi connectivity index (χ4n) is 2.60. The van der Waals surface area contributed by atoms with E-state index in [9.17, 15) is 0 Å². The molecule has 1 aromatic heterocycles. The summed E-state index contributed by atoms with van der Waals surface area (Å²) in [6.45, 7) is 3.64. The van der Waals surface area contributed by atoms with Gasteiger partial charge in [0, 0.05) is 12.6 Å². The second-order valence-electron chi connectivity index (χ2n) is 4.98. The normalized spacial score (nSPS) is 14.6. The summed E-state index contributed by atoms with van der Waals surface area (Å²) in [6.07, 6.45) is 2.58. The van der Waals surface area contributed by atoms with Gasteiger partial charge in [-0.1, -0.05) is 42.3 Å². The van der Waals surface area contributed by atoms with Gasteiger partial charge < -0.3 is 10.1 Å². The molecule has 110 valence electrons. The van der Waals surface area contributed by atoms with Gasteiger partial charge in [-0.25, -0.2) is 0 Å². The summed E-state index contributed by atoms with van der Waals surface area (Å²) in [4.78, 5) is 4.41. The minimum atomic E-state index is -0.0503. The monoisotopic (exact) mass is 322 g/mol. The van der Waals surface area contributed by atoms with Crippen LogP contribution in [0.3, 0.4) is 0 Å². The van der Waals surface area contributed by atoms with Crippen LogP contribution in [0.4, 0.5) is 0 Å². The number of hydrogen-bond donors (Lipinski definition) is 1. The van der Waals surface area contributed by atoms with Gasteiger partial charge >= 0.3 is 0 Å². The highest BCUT2D eigenvalue weighted by Gasteiger charge is 2.21. The van der Waals surface area contributed by atoms with Crippen molar-refractivity contribution in [3.63, 3.8) is 0 Å². The molecule has 5 heteroatoms. The van der Waals surface area contributed by atoms with Crippen molar-refractivity contribution in [3.05, 3.63) is 57.3 Å². The van der Waals surface area contributed by atoms with E-state index in [1.54, 1.807) is 12.3 Å². The lowest BCUT2D eigenvalue weighted by molar-refractivity contribution is 0.357. The Bertz CT molecular complexity index is 661. The number of fused-ring (bicyclic) bond motifs is 1. The predicted octanol–water partition coefficient (Wildman–Crippen LogP) is 4.02. The minimum Gasteiger partial charge on any atom is -0.493 e. The van der Waals surface area contributed by atoms with Crippen molar-refractivity contribution in [2.45, 2.75) is 19.4 Å². The quantitative estimate of drug-likeness (QED) is 0.923. The Hall–Kier alpha value is -1.29. The molecule has 1 aromatic carbocycles. The van der Waals surface area contributed by atoms with Crippen LogP contribution in [0.25, 0.3) is 0 Å². The first-order chi connectivity index (χ1) is 10.2. The van der Waals surface area contributed by atoms with Crippen LogP contribution in [0.1, 0.15) is 29.8 Å².